The van der Waals surface area contributed by atoms with Crippen molar-refractivity contribution in [1.29, 1.82) is 0 Å². The molecule has 0 aliphatic heterocycles. The third-order valence-electron chi connectivity index (χ3n) is 12.8. The van der Waals surface area contributed by atoms with Crippen LogP contribution < -0.4 is 4.90 Å². The molecule has 0 fully saturated rings. The van der Waals surface area contributed by atoms with E-state index in [4.69, 9.17) is 0 Å². The Balaban J connectivity index is 1.24. The second-order valence-electron chi connectivity index (χ2n) is 19.9. The second kappa shape index (κ2) is 13.6. The van der Waals surface area contributed by atoms with Crippen molar-refractivity contribution in [2.24, 2.45) is 0 Å². The maximum absolute atomic E-state index is 2.51. The van der Waals surface area contributed by atoms with Gasteiger partial charge in [0.2, 0.25) is 0 Å². The van der Waals surface area contributed by atoms with Crippen molar-refractivity contribution in [2.75, 3.05) is 4.90 Å². The molecule has 10 rings (SSSR count). The summed E-state index contributed by atoms with van der Waals surface area (Å²) in [4.78, 5) is 2.51. The summed E-state index contributed by atoms with van der Waals surface area (Å²) in [5.74, 6) is 0. The largest absolute Gasteiger partial charge is 0.310 e. The third kappa shape index (κ3) is 6.24. The van der Waals surface area contributed by atoms with E-state index in [1.807, 2.05) is 0 Å². The molecule has 9 aromatic carbocycles. The summed E-state index contributed by atoms with van der Waals surface area (Å²) >= 11 is 0. The first-order valence-corrected chi connectivity index (χ1v) is 21.5. The van der Waals surface area contributed by atoms with Gasteiger partial charge in [-0.3, -0.25) is 0 Å². The van der Waals surface area contributed by atoms with E-state index >= 15 is 0 Å². The van der Waals surface area contributed by atoms with Crippen LogP contribution in [-0.2, 0) is 16.2 Å². The summed E-state index contributed by atoms with van der Waals surface area (Å²) in [5.41, 5.74) is 13.6. The third-order valence-corrected chi connectivity index (χ3v) is 12.8. The average molecular weight is 779 g/mol. The highest BCUT2D eigenvalue weighted by Crippen LogP contribution is 2.47. The number of hydrogen-bond donors (Lipinski definition) is 0. The Kier molecular flexibility index (Phi) is 8.57. The molecule has 0 unspecified atom stereocenters. The molecule has 0 radical (unpaired) electrons. The molecule has 2 nitrogen and oxygen atoms in total. The van der Waals surface area contributed by atoms with Crippen LogP contribution in [0.3, 0.4) is 0 Å². The van der Waals surface area contributed by atoms with Gasteiger partial charge in [0.15, 0.2) is 0 Å². The summed E-state index contributed by atoms with van der Waals surface area (Å²) in [7, 11) is 0. The molecule has 0 N–H and O–H groups in total. The highest BCUT2D eigenvalue weighted by Gasteiger charge is 2.25. The van der Waals surface area contributed by atoms with E-state index in [9.17, 15) is 0 Å². The highest BCUT2D eigenvalue weighted by atomic mass is 15.1. The molecule has 0 bridgehead atoms. The lowest BCUT2D eigenvalue weighted by Crippen LogP contribution is -2.16. The van der Waals surface area contributed by atoms with Gasteiger partial charge in [-0.15, -0.1) is 0 Å². The van der Waals surface area contributed by atoms with Crippen LogP contribution in [-0.4, -0.2) is 4.57 Å². The van der Waals surface area contributed by atoms with Gasteiger partial charge in [0, 0.05) is 32.9 Å². The summed E-state index contributed by atoms with van der Waals surface area (Å²) < 4.78 is 2.47. The minimum Gasteiger partial charge on any atom is -0.310 e. The number of hydrogen-bond acceptors (Lipinski definition) is 1. The summed E-state index contributed by atoms with van der Waals surface area (Å²) in [6.45, 7) is 20.7. The van der Waals surface area contributed by atoms with Gasteiger partial charge in [-0.25, -0.2) is 0 Å². The normalized spacial score (nSPS) is 12.8. The molecule has 0 saturated carbocycles. The maximum Gasteiger partial charge on any atom is 0.0541 e. The van der Waals surface area contributed by atoms with Crippen molar-refractivity contribution in [3.8, 4) is 16.8 Å². The fourth-order valence-electron chi connectivity index (χ4n) is 9.38. The lowest BCUT2D eigenvalue weighted by molar-refractivity contribution is 0.589. The molecule has 10 aromatic rings. The Bertz CT molecular complexity index is 3180. The van der Waals surface area contributed by atoms with Gasteiger partial charge in [-0.2, -0.15) is 0 Å². The molecule has 0 aliphatic rings. The van der Waals surface area contributed by atoms with Gasteiger partial charge in [-0.05, 0) is 114 Å². The van der Waals surface area contributed by atoms with E-state index in [0.717, 1.165) is 11.4 Å². The monoisotopic (exact) mass is 778 g/mol. The molecular weight excluding hydrogens is 725 g/mol. The van der Waals surface area contributed by atoms with Gasteiger partial charge >= 0.3 is 0 Å². The quantitative estimate of drug-likeness (QED) is 0.158. The second-order valence-corrected chi connectivity index (χ2v) is 19.9. The molecule has 0 spiro atoms. The minimum atomic E-state index is -0.0657. The molecule has 1 aromatic heterocycles. The lowest BCUT2D eigenvalue weighted by atomic mass is 9.83. The van der Waals surface area contributed by atoms with Gasteiger partial charge in [0.25, 0.3) is 0 Å². The van der Waals surface area contributed by atoms with E-state index in [1.54, 1.807) is 0 Å². The van der Waals surface area contributed by atoms with Crippen molar-refractivity contribution in [3.05, 3.63) is 180 Å². The zero-order valence-electron chi connectivity index (χ0n) is 36.5. The molecule has 2 heteroatoms. The van der Waals surface area contributed by atoms with Crippen LogP contribution in [0.1, 0.15) is 79.0 Å². The lowest BCUT2D eigenvalue weighted by Gasteiger charge is -2.31. The fourth-order valence-corrected chi connectivity index (χ4v) is 9.38. The minimum absolute atomic E-state index is 0.0446. The van der Waals surface area contributed by atoms with E-state index in [-0.39, 0.29) is 16.2 Å². The van der Waals surface area contributed by atoms with E-state index in [2.05, 4.69) is 236 Å². The Morgan fingerprint density at radius 3 is 1.45 bits per heavy atom. The standard InChI is InChI=1S/C58H54N2/c1-56(2,3)41-24-18-37(19-25-41)40-34-43(58(7,8)9)36-45(35-40)59(44-28-26-42(27-29-44)57(4,5)6)52-32-22-38-21-31-49-53(33-23-39-20-30-48(52)54(38)55(39)49)60-50-16-12-10-14-46(50)47-15-11-13-17-51(47)60/h10-36H,1-9H3. The number of rotatable bonds is 5. The molecule has 296 valence electrons. The smallest absolute Gasteiger partial charge is 0.0541 e. The van der Waals surface area contributed by atoms with Crippen molar-refractivity contribution < 1.29 is 0 Å². The maximum atomic E-state index is 2.51. The van der Waals surface area contributed by atoms with Gasteiger partial charge in [0.1, 0.15) is 0 Å². The Hall–Kier alpha value is -6.38. The number of anilines is 3. The molecule has 0 aliphatic carbocycles. The Morgan fingerprint density at radius 2 is 0.867 bits per heavy atom. The van der Waals surface area contributed by atoms with Crippen molar-refractivity contribution >= 4 is 71.2 Å². The Morgan fingerprint density at radius 1 is 0.367 bits per heavy atom. The predicted octanol–water partition coefficient (Wildman–Crippen LogP) is 16.7. The first-order chi connectivity index (χ1) is 28.6. The van der Waals surface area contributed by atoms with Crippen LogP contribution in [0.4, 0.5) is 17.1 Å². The molecule has 0 saturated heterocycles. The van der Waals surface area contributed by atoms with E-state index < -0.39 is 0 Å². The molecule has 60 heavy (non-hydrogen) atoms. The Labute approximate surface area is 355 Å². The number of fused-ring (bicyclic) bond motifs is 3. The number of benzene rings is 9. The highest BCUT2D eigenvalue weighted by molar-refractivity contribution is 6.27. The van der Waals surface area contributed by atoms with Gasteiger partial charge < -0.3 is 9.47 Å². The SMILES string of the molecule is CC(C)(C)c1ccc(-c2cc(N(c3ccc(C(C)(C)C)cc3)c3ccc4ccc5c(-n6c7ccccc7c7ccccc76)ccc6ccc3c4c65)cc(C(C)(C)C)c2)cc1. The predicted molar refractivity (Wildman–Crippen MR) is 261 cm³/mol. The number of aromatic nitrogens is 1. The van der Waals surface area contributed by atoms with Gasteiger partial charge in [0.05, 0.1) is 22.4 Å². The molecular formula is C58H54N2. The van der Waals surface area contributed by atoms with Crippen LogP contribution in [0.15, 0.2) is 164 Å². The molecule has 1 heterocycles. The molecule has 0 amide bonds. The van der Waals surface area contributed by atoms with Crippen LogP contribution in [0.2, 0.25) is 0 Å². The van der Waals surface area contributed by atoms with E-state index in [0.29, 0.717) is 0 Å². The zero-order valence-corrected chi connectivity index (χ0v) is 36.5. The first kappa shape index (κ1) is 37.9. The topological polar surface area (TPSA) is 8.17 Å². The fraction of sp³-hybridized carbons (Fsp3) is 0.207. The van der Waals surface area contributed by atoms with Crippen LogP contribution in [0.25, 0.3) is 70.9 Å². The van der Waals surface area contributed by atoms with Crippen molar-refractivity contribution in [1.82, 2.24) is 4.57 Å². The van der Waals surface area contributed by atoms with Crippen molar-refractivity contribution in [2.45, 2.75) is 78.6 Å². The molecule has 0 atom stereocenters. The number of para-hydroxylation sites is 2. The first-order valence-electron chi connectivity index (χ1n) is 21.5. The summed E-state index contributed by atoms with van der Waals surface area (Å²) in [6.07, 6.45) is 0. The van der Waals surface area contributed by atoms with Gasteiger partial charge in [-0.1, -0.05) is 178 Å². The zero-order chi connectivity index (χ0) is 41.7. The van der Waals surface area contributed by atoms with Crippen LogP contribution in [0.5, 0.6) is 0 Å². The van der Waals surface area contributed by atoms with Crippen molar-refractivity contribution in [3.63, 3.8) is 0 Å². The summed E-state index contributed by atoms with van der Waals surface area (Å²) in [6, 6.07) is 62.0. The summed E-state index contributed by atoms with van der Waals surface area (Å²) in [5, 5.41) is 10.1. The van der Waals surface area contributed by atoms with Crippen LogP contribution in [0, 0.1) is 0 Å². The van der Waals surface area contributed by atoms with E-state index in [1.165, 1.54) is 93.3 Å². The average Bonchev–Trinajstić information content (AvgIpc) is 3.56. The van der Waals surface area contributed by atoms with Crippen LogP contribution >= 0.6 is 0 Å². The number of nitrogens with zero attached hydrogens (tertiary/aromatic N) is 2.